The molecule has 0 heterocycles. The molecule has 0 saturated carbocycles. The molecule has 12 heavy (non-hydrogen) atoms. The van der Waals surface area contributed by atoms with Crippen molar-refractivity contribution in [3.63, 3.8) is 0 Å². The molecule has 0 bridgehead atoms. The summed E-state index contributed by atoms with van der Waals surface area (Å²) < 4.78 is 16.6. The number of benzene rings is 1. The van der Waals surface area contributed by atoms with Gasteiger partial charge in [0.15, 0.2) is 0 Å². The first-order valence-corrected chi connectivity index (χ1v) is 3.59. The SMILES string of the molecule is O=C(O)c1ccccc1.O=S=O. The van der Waals surface area contributed by atoms with Crippen LogP contribution in [0.25, 0.3) is 0 Å². The van der Waals surface area contributed by atoms with Crippen LogP contribution in [0.15, 0.2) is 30.3 Å². The minimum absolute atomic E-state index is 0.331. The molecular formula is C7H6O4S. The highest BCUT2D eigenvalue weighted by Gasteiger charge is 1.96. The molecule has 0 aromatic heterocycles. The Morgan fingerprint density at radius 3 is 1.83 bits per heavy atom. The molecular weight excluding hydrogens is 180 g/mol. The number of carboxylic acid groups (broad SMARTS) is 1. The summed E-state index contributed by atoms with van der Waals surface area (Å²) in [5.41, 5.74) is 0.331. The predicted octanol–water partition coefficient (Wildman–Crippen LogP) is 0.715. The summed E-state index contributed by atoms with van der Waals surface area (Å²) in [6, 6.07) is 8.30. The molecule has 0 unspecified atom stereocenters. The van der Waals surface area contributed by atoms with Gasteiger partial charge < -0.3 is 5.11 Å². The minimum Gasteiger partial charge on any atom is -0.478 e. The lowest BCUT2D eigenvalue weighted by Crippen LogP contribution is -1.93. The Hall–Kier alpha value is -1.49. The van der Waals surface area contributed by atoms with Gasteiger partial charge in [-0.05, 0) is 12.1 Å². The molecule has 1 rings (SSSR count). The molecule has 1 aromatic rings. The second-order valence-corrected chi connectivity index (χ2v) is 1.88. The van der Waals surface area contributed by atoms with E-state index in [0.29, 0.717) is 5.56 Å². The molecule has 0 fully saturated rings. The van der Waals surface area contributed by atoms with Gasteiger partial charge in [-0.3, -0.25) is 0 Å². The topological polar surface area (TPSA) is 71.4 Å². The molecule has 0 aliphatic rings. The average molecular weight is 186 g/mol. The van der Waals surface area contributed by atoms with Gasteiger partial charge in [0.25, 0.3) is 0 Å². The Balaban J connectivity index is 0.000000354. The molecule has 0 aliphatic heterocycles. The molecule has 0 atom stereocenters. The number of rotatable bonds is 1. The van der Waals surface area contributed by atoms with Crippen molar-refractivity contribution in [1.82, 2.24) is 0 Å². The van der Waals surface area contributed by atoms with E-state index in [9.17, 15) is 4.79 Å². The summed E-state index contributed by atoms with van der Waals surface area (Å²) >= 11 is -0.750. The van der Waals surface area contributed by atoms with Crippen molar-refractivity contribution in [2.45, 2.75) is 0 Å². The van der Waals surface area contributed by atoms with Crippen molar-refractivity contribution in [3.8, 4) is 0 Å². The summed E-state index contributed by atoms with van der Waals surface area (Å²) in [4.78, 5) is 10.2. The third-order valence-electron chi connectivity index (χ3n) is 1.02. The summed E-state index contributed by atoms with van der Waals surface area (Å²) in [5, 5.41) is 8.38. The van der Waals surface area contributed by atoms with E-state index in [-0.39, 0.29) is 0 Å². The lowest BCUT2D eigenvalue weighted by Gasteiger charge is -1.88. The zero-order valence-corrected chi connectivity index (χ0v) is 6.78. The van der Waals surface area contributed by atoms with E-state index in [1.807, 2.05) is 0 Å². The van der Waals surface area contributed by atoms with Crippen molar-refractivity contribution in [2.24, 2.45) is 0 Å². The van der Waals surface area contributed by atoms with E-state index in [4.69, 9.17) is 13.5 Å². The minimum atomic E-state index is -0.879. The Bertz CT molecular complexity index is 277. The predicted molar refractivity (Wildman–Crippen MR) is 42.3 cm³/mol. The maximum atomic E-state index is 10.2. The van der Waals surface area contributed by atoms with Gasteiger partial charge in [0, 0.05) is 0 Å². The fourth-order valence-corrected chi connectivity index (χ4v) is 0.581. The second-order valence-electron chi connectivity index (χ2n) is 1.74. The molecule has 4 nitrogen and oxygen atoms in total. The number of hydrogen-bond donors (Lipinski definition) is 1. The summed E-state index contributed by atoms with van der Waals surface area (Å²) in [5.74, 6) is -0.879. The van der Waals surface area contributed by atoms with Gasteiger partial charge >= 0.3 is 17.5 Å². The summed E-state index contributed by atoms with van der Waals surface area (Å²) in [6.45, 7) is 0. The van der Waals surface area contributed by atoms with Crippen LogP contribution in [0.1, 0.15) is 10.4 Å². The fourth-order valence-electron chi connectivity index (χ4n) is 0.581. The molecule has 0 radical (unpaired) electrons. The van der Waals surface area contributed by atoms with E-state index in [2.05, 4.69) is 0 Å². The zero-order valence-electron chi connectivity index (χ0n) is 5.97. The van der Waals surface area contributed by atoms with Crippen LogP contribution in [-0.4, -0.2) is 19.5 Å². The van der Waals surface area contributed by atoms with Crippen LogP contribution in [0.3, 0.4) is 0 Å². The first kappa shape index (κ1) is 10.5. The highest BCUT2D eigenvalue weighted by Crippen LogP contribution is 1.96. The smallest absolute Gasteiger partial charge is 0.335 e. The fraction of sp³-hybridized carbons (Fsp3) is 0. The first-order valence-electron chi connectivity index (χ1n) is 2.92. The highest BCUT2D eigenvalue weighted by atomic mass is 32.1. The van der Waals surface area contributed by atoms with Crippen LogP contribution in [0.2, 0.25) is 0 Å². The normalized spacial score (nSPS) is 7.67. The Kier molecular flexibility index (Phi) is 5.46. The van der Waals surface area contributed by atoms with Gasteiger partial charge in [-0.15, -0.1) is 0 Å². The van der Waals surface area contributed by atoms with E-state index >= 15 is 0 Å². The average Bonchev–Trinajstić information content (AvgIpc) is 2.07. The number of aromatic carboxylic acids is 1. The Morgan fingerprint density at radius 2 is 1.58 bits per heavy atom. The van der Waals surface area contributed by atoms with Crippen LogP contribution in [0.4, 0.5) is 0 Å². The molecule has 5 heteroatoms. The van der Waals surface area contributed by atoms with Gasteiger partial charge in [0.05, 0.1) is 5.56 Å². The highest BCUT2D eigenvalue weighted by molar-refractivity contribution is 7.51. The maximum absolute atomic E-state index is 10.2. The van der Waals surface area contributed by atoms with E-state index < -0.39 is 17.5 Å². The molecule has 1 aromatic carbocycles. The monoisotopic (exact) mass is 186 g/mol. The molecule has 64 valence electrons. The summed E-state index contributed by atoms with van der Waals surface area (Å²) in [7, 11) is 0. The quantitative estimate of drug-likeness (QED) is 0.701. The van der Waals surface area contributed by atoms with Gasteiger partial charge in [0.1, 0.15) is 0 Å². The van der Waals surface area contributed by atoms with Crippen molar-refractivity contribution in [3.05, 3.63) is 35.9 Å². The van der Waals surface area contributed by atoms with Gasteiger partial charge in [-0.2, -0.15) is 8.42 Å². The van der Waals surface area contributed by atoms with Crippen LogP contribution < -0.4 is 0 Å². The second kappa shape index (κ2) is 6.23. The Labute approximate surface area is 72.4 Å². The summed E-state index contributed by atoms with van der Waals surface area (Å²) in [6.07, 6.45) is 0. The third-order valence-corrected chi connectivity index (χ3v) is 1.02. The number of carboxylic acids is 1. The molecule has 0 amide bonds. The first-order chi connectivity index (χ1) is 5.72. The van der Waals surface area contributed by atoms with Crippen molar-refractivity contribution in [2.75, 3.05) is 0 Å². The lowest BCUT2D eigenvalue weighted by molar-refractivity contribution is 0.0697. The largest absolute Gasteiger partial charge is 0.478 e. The van der Waals surface area contributed by atoms with Gasteiger partial charge in [0.2, 0.25) is 0 Å². The standard InChI is InChI=1S/C7H6O2.O2S/c8-7(9)6-4-2-1-3-5-6;1-3-2/h1-5H,(H,8,9);. The van der Waals surface area contributed by atoms with Gasteiger partial charge in [-0.1, -0.05) is 18.2 Å². The number of hydrogen-bond acceptors (Lipinski definition) is 3. The maximum Gasteiger partial charge on any atom is 0.335 e. The molecule has 0 saturated heterocycles. The van der Waals surface area contributed by atoms with Crippen LogP contribution >= 0.6 is 0 Å². The van der Waals surface area contributed by atoms with Crippen molar-refractivity contribution < 1.29 is 18.3 Å². The lowest BCUT2D eigenvalue weighted by atomic mass is 10.2. The third kappa shape index (κ3) is 4.35. The molecule has 0 aliphatic carbocycles. The van der Waals surface area contributed by atoms with E-state index in [0.717, 1.165) is 0 Å². The Morgan fingerprint density at radius 1 is 1.17 bits per heavy atom. The van der Waals surface area contributed by atoms with Crippen molar-refractivity contribution in [1.29, 1.82) is 0 Å². The van der Waals surface area contributed by atoms with Gasteiger partial charge in [-0.25, -0.2) is 4.79 Å². The van der Waals surface area contributed by atoms with E-state index in [1.165, 1.54) is 0 Å². The van der Waals surface area contributed by atoms with Crippen molar-refractivity contribution >= 4 is 17.5 Å². The van der Waals surface area contributed by atoms with E-state index in [1.54, 1.807) is 30.3 Å². The number of carbonyl (C=O) groups is 1. The van der Waals surface area contributed by atoms with Crippen LogP contribution in [-0.2, 0) is 11.6 Å². The van der Waals surface area contributed by atoms with Crippen LogP contribution in [0.5, 0.6) is 0 Å². The molecule has 0 spiro atoms. The molecule has 1 N–H and O–H groups in total. The van der Waals surface area contributed by atoms with Crippen LogP contribution in [0, 0.1) is 0 Å². The zero-order chi connectivity index (χ0) is 9.40.